The summed E-state index contributed by atoms with van der Waals surface area (Å²) in [5.74, 6) is 1.52. The van der Waals surface area contributed by atoms with Gasteiger partial charge in [-0.15, -0.1) is 0 Å². The summed E-state index contributed by atoms with van der Waals surface area (Å²) < 4.78 is 7.38. The van der Waals surface area contributed by atoms with Gasteiger partial charge in [-0.1, -0.05) is 42.5 Å². The van der Waals surface area contributed by atoms with Gasteiger partial charge in [0.25, 0.3) is 0 Å². The number of amides is 1. The number of aryl methyl sites for hydroxylation is 1. The van der Waals surface area contributed by atoms with Crippen molar-refractivity contribution in [2.24, 2.45) is 0 Å². The van der Waals surface area contributed by atoms with Crippen molar-refractivity contribution in [3.8, 4) is 11.5 Å². The Morgan fingerprint density at radius 2 is 1.81 bits per heavy atom. The lowest BCUT2D eigenvalue weighted by Crippen LogP contribution is -2.34. The second-order valence-corrected chi connectivity index (χ2v) is 6.78. The van der Waals surface area contributed by atoms with Crippen LogP contribution in [0.5, 0.6) is 11.5 Å². The average molecular weight is 357 g/mol. The molecule has 2 N–H and O–H groups in total. The summed E-state index contributed by atoms with van der Waals surface area (Å²) in [6, 6.07) is 23.5. The molecule has 134 valence electrons. The number of hydrogen-bond donors (Lipinski definition) is 2. The fourth-order valence-electron chi connectivity index (χ4n) is 3.70. The van der Waals surface area contributed by atoms with E-state index in [2.05, 4.69) is 22.5 Å². The van der Waals surface area contributed by atoms with Crippen molar-refractivity contribution in [1.29, 1.82) is 0 Å². The zero-order valence-corrected chi connectivity index (χ0v) is 14.7. The monoisotopic (exact) mass is 357 g/mol. The molecule has 4 aromatic rings. The van der Waals surface area contributed by atoms with E-state index in [0.717, 1.165) is 35.4 Å². The van der Waals surface area contributed by atoms with Crippen LogP contribution >= 0.6 is 0 Å². The third kappa shape index (κ3) is 2.87. The number of aromatic nitrogens is 2. The minimum atomic E-state index is -0.138. The molecule has 3 aromatic carbocycles. The van der Waals surface area contributed by atoms with E-state index in [9.17, 15) is 4.79 Å². The molecule has 1 aliphatic rings. The molecule has 5 heteroatoms. The Hall–Kier alpha value is -3.47. The minimum Gasteiger partial charge on any atom is -0.457 e. The lowest BCUT2D eigenvalue weighted by atomic mass is 10.1. The first kappa shape index (κ1) is 15.8. The van der Waals surface area contributed by atoms with Crippen LogP contribution in [0.25, 0.3) is 11.0 Å². The number of ether oxygens (including phenoxy) is 1. The van der Waals surface area contributed by atoms with Crippen molar-refractivity contribution in [3.05, 3.63) is 83.9 Å². The number of benzene rings is 3. The molecule has 1 heterocycles. The van der Waals surface area contributed by atoms with Crippen LogP contribution in [0.15, 0.2) is 72.8 Å². The molecule has 27 heavy (non-hydrogen) atoms. The molecular formula is C22H19N3O2. The molecule has 0 aliphatic heterocycles. The van der Waals surface area contributed by atoms with Gasteiger partial charge in [-0.05, 0) is 48.2 Å². The molecule has 1 aliphatic carbocycles. The topological polar surface area (TPSA) is 59.0 Å². The van der Waals surface area contributed by atoms with Gasteiger partial charge in [0.15, 0.2) is 0 Å². The number of carbonyl (C=O) groups is 1. The number of nitrogens with one attached hydrogen (secondary N) is 2. The number of rotatable bonds is 3. The third-order valence-electron chi connectivity index (χ3n) is 5.05. The summed E-state index contributed by atoms with van der Waals surface area (Å²) in [5.41, 5.74) is 4.27. The predicted molar refractivity (Wildman–Crippen MR) is 104 cm³/mol. The van der Waals surface area contributed by atoms with E-state index in [1.54, 1.807) is 4.68 Å². The number of hydrogen-bond acceptors (Lipinski definition) is 2. The van der Waals surface area contributed by atoms with Crippen LogP contribution in [0.1, 0.15) is 23.6 Å². The molecule has 1 amide bonds. The molecule has 0 fully saturated rings. The van der Waals surface area contributed by atoms with Gasteiger partial charge >= 0.3 is 6.03 Å². The summed E-state index contributed by atoms with van der Waals surface area (Å²) in [7, 11) is 0. The zero-order chi connectivity index (χ0) is 18.2. The normalized spacial score (nSPS) is 15.6. The van der Waals surface area contributed by atoms with Crippen molar-refractivity contribution < 1.29 is 9.53 Å². The molecule has 1 aromatic heterocycles. The highest BCUT2D eigenvalue weighted by Gasteiger charge is 2.25. The van der Waals surface area contributed by atoms with Crippen LogP contribution in [-0.4, -0.2) is 15.8 Å². The minimum absolute atomic E-state index is 0.0697. The quantitative estimate of drug-likeness (QED) is 0.542. The highest BCUT2D eigenvalue weighted by Crippen LogP contribution is 2.31. The van der Waals surface area contributed by atoms with E-state index < -0.39 is 0 Å². The molecule has 5 rings (SSSR count). The fraction of sp³-hybridized carbons (Fsp3) is 0.136. The Morgan fingerprint density at radius 1 is 1.00 bits per heavy atom. The van der Waals surface area contributed by atoms with E-state index in [0.29, 0.717) is 0 Å². The number of fused-ring (bicyclic) bond motifs is 2. The molecule has 0 unspecified atom stereocenters. The van der Waals surface area contributed by atoms with Gasteiger partial charge in [-0.2, -0.15) is 0 Å². The van der Waals surface area contributed by atoms with Gasteiger partial charge in [0, 0.05) is 6.07 Å². The molecule has 0 bridgehead atoms. The first-order valence-corrected chi connectivity index (χ1v) is 9.10. The summed E-state index contributed by atoms with van der Waals surface area (Å²) in [4.78, 5) is 12.7. The number of aromatic amines is 1. The Labute approximate surface area is 156 Å². The molecule has 0 saturated heterocycles. The maximum atomic E-state index is 12.7. The molecule has 5 nitrogen and oxygen atoms in total. The van der Waals surface area contributed by atoms with Crippen molar-refractivity contribution in [1.82, 2.24) is 15.1 Å². The Bertz CT molecular complexity index is 1110. The summed E-state index contributed by atoms with van der Waals surface area (Å²) in [6.45, 7) is 0. The van der Waals surface area contributed by atoms with Gasteiger partial charge in [-0.25, -0.2) is 9.48 Å². The van der Waals surface area contributed by atoms with Crippen molar-refractivity contribution in [2.45, 2.75) is 18.9 Å². The van der Waals surface area contributed by atoms with Gasteiger partial charge < -0.3 is 10.1 Å². The van der Waals surface area contributed by atoms with Gasteiger partial charge in [0.05, 0.1) is 17.1 Å². The zero-order valence-electron chi connectivity index (χ0n) is 14.7. The maximum Gasteiger partial charge on any atom is 0.341 e. The number of para-hydroxylation sites is 1. The Balaban J connectivity index is 1.32. The molecule has 0 spiro atoms. The lowest BCUT2D eigenvalue weighted by molar-refractivity contribution is 0.236. The number of H-pyrrole nitrogens is 1. The summed E-state index contributed by atoms with van der Waals surface area (Å²) >= 11 is 0. The smallest absolute Gasteiger partial charge is 0.341 e. The van der Waals surface area contributed by atoms with E-state index in [-0.39, 0.29) is 12.1 Å². The van der Waals surface area contributed by atoms with Gasteiger partial charge in [0.2, 0.25) is 0 Å². The first-order chi connectivity index (χ1) is 13.3. The summed E-state index contributed by atoms with van der Waals surface area (Å²) in [6.07, 6.45) is 1.95. The first-order valence-electron chi connectivity index (χ1n) is 9.10. The third-order valence-corrected chi connectivity index (χ3v) is 5.05. The standard InChI is InChI=1S/C22H19N3O2/c26-22(23-19-12-10-15-6-4-5-9-18(15)19)25-21-13-11-17(14-20(21)24-25)27-16-7-2-1-3-8-16/h1-9,11,13-14,19,24H,10,12H2,(H,23,26)/t19-/m1/s1. The number of nitrogens with zero attached hydrogens (tertiary/aromatic N) is 1. The second kappa shape index (κ2) is 6.36. The van der Waals surface area contributed by atoms with Crippen molar-refractivity contribution >= 4 is 17.1 Å². The van der Waals surface area contributed by atoms with Gasteiger partial charge in [-0.3, -0.25) is 5.10 Å². The SMILES string of the molecule is O=C(N[C@@H]1CCc2ccccc21)n1[nH]c2cc(Oc3ccccc3)ccc21. The molecular weight excluding hydrogens is 338 g/mol. The molecule has 0 radical (unpaired) electrons. The molecule has 1 atom stereocenters. The van der Waals surface area contributed by atoms with Gasteiger partial charge in [0.1, 0.15) is 11.5 Å². The highest BCUT2D eigenvalue weighted by molar-refractivity contribution is 5.91. The van der Waals surface area contributed by atoms with Crippen molar-refractivity contribution in [3.63, 3.8) is 0 Å². The van der Waals surface area contributed by atoms with Crippen LogP contribution in [0, 0.1) is 0 Å². The Morgan fingerprint density at radius 3 is 2.67 bits per heavy atom. The van der Waals surface area contributed by atoms with E-state index in [1.165, 1.54) is 11.1 Å². The predicted octanol–water partition coefficient (Wildman–Crippen LogP) is 5.01. The Kier molecular flexibility index (Phi) is 3.71. The number of carbonyl (C=O) groups excluding carboxylic acids is 1. The second-order valence-electron chi connectivity index (χ2n) is 6.78. The van der Waals surface area contributed by atoms with Crippen LogP contribution in [0.4, 0.5) is 4.79 Å². The summed E-state index contributed by atoms with van der Waals surface area (Å²) in [5, 5.41) is 6.21. The van der Waals surface area contributed by atoms with E-state index >= 15 is 0 Å². The van der Waals surface area contributed by atoms with E-state index in [1.807, 2.05) is 60.7 Å². The fourth-order valence-corrected chi connectivity index (χ4v) is 3.70. The van der Waals surface area contributed by atoms with Crippen molar-refractivity contribution in [2.75, 3.05) is 0 Å². The highest BCUT2D eigenvalue weighted by atomic mass is 16.5. The average Bonchev–Trinajstić information content (AvgIpc) is 3.07. The van der Waals surface area contributed by atoms with Crippen LogP contribution in [0.3, 0.4) is 0 Å². The van der Waals surface area contributed by atoms with Crippen LogP contribution < -0.4 is 10.1 Å². The van der Waals surface area contributed by atoms with Crippen LogP contribution in [-0.2, 0) is 6.42 Å². The van der Waals surface area contributed by atoms with Crippen LogP contribution in [0.2, 0.25) is 0 Å². The largest absolute Gasteiger partial charge is 0.457 e. The lowest BCUT2D eigenvalue weighted by Gasteiger charge is -2.20. The maximum absolute atomic E-state index is 12.7. The molecule has 0 saturated carbocycles. The van der Waals surface area contributed by atoms with E-state index in [4.69, 9.17) is 4.74 Å².